The second-order valence-electron chi connectivity index (χ2n) is 2.55. The van der Waals surface area contributed by atoms with Crippen molar-refractivity contribution >= 4 is 11.9 Å². The summed E-state index contributed by atoms with van der Waals surface area (Å²) in [6, 6.07) is 0. The van der Waals surface area contributed by atoms with E-state index in [1.54, 1.807) is 39.8 Å². The molecule has 0 rings (SSSR count). The zero-order valence-corrected chi connectivity index (χ0v) is 9.37. The lowest BCUT2D eigenvalue weighted by Gasteiger charge is -1.84. The van der Waals surface area contributed by atoms with Crippen molar-refractivity contribution in [3.8, 4) is 0 Å². The van der Waals surface area contributed by atoms with Gasteiger partial charge in [-0.25, -0.2) is 9.59 Å². The summed E-state index contributed by atoms with van der Waals surface area (Å²) >= 11 is 0. The standard InChI is InChI=1S/2C5H8O2.H2O/c2*1-3-4(2)5(6)7;/h2*3H,1-2H3,(H,6,7);1H2. The second-order valence-corrected chi connectivity index (χ2v) is 2.55. The molecule has 0 aliphatic heterocycles. The Bertz CT molecular complexity index is 235. The molecule has 0 saturated carbocycles. The van der Waals surface area contributed by atoms with Gasteiger partial charge in [0.15, 0.2) is 0 Å². The van der Waals surface area contributed by atoms with Crippen LogP contribution in [-0.2, 0) is 9.59 Å². The lowest BCUT2D eigenvalue weighted by atomic mass is 10.3. The minimum atomic E-state index is -0.845. The second kappa shape index (κ2) is 10.5. The smallest absolute Gasteiger partial charge is 0.330 e. The predicted octanol–water partition coefficient (Wildman–Crippen LogP) is 1.25. The number of carboxylic acid groups (broad SMARTS) is 2. The third kappa shape index (κ3) is 12.4. The molecule has 0 aromatic carbocycles. The average Bonchev–Trinajstić information content (AvgIpc) is 2.15. The number of aliphatic carboxylic acids is 2. The largest absolute Gasteiger partial charge is 0.478 e. The van der Waals surface area contributed by atoms with Crippen LogP contribution in [0.15, 0.2) is 23.3 Å². The van der Waals surface area contributed by atoms with Crippen LogP contribution in [0.3, 0.4) is 0 Å². The van der Waals surface area contributed by atoms with Crippen molar-refractivity contribution in [1.29, 1.82) is 0 Å². The molecule has 0 aliphatic carbocycles. The monoisotopic (exact) mass is 218 g/mol. The van der Waals surface area contributed by atoms with E-state index in [0.717, 1.165) is 0 Å². The van der Waals surface area contributed by atoms with Crippen molar-refractivity contribution in [2.24, 2.45) is 0 Å². The summed E-state index contributed by atoms with van der Waals surface area (Å²) < 4.78 is 0. The Labute approximate surface area is 89.0 Å². The molecular formula is C10H18O5. The summed E-state index contributed by atoms with van der Waals surface area (Å²) in [5.41, 5.74) is 0.778. The van der Waals surface area contributed by atoms with Crippen LogP contribution in [0.1, 0.15) is 27.7 Å². The van der Waals surface area contributed by atoms with E-state index in [9.17, 15) is 9.59 Å². The molecule has 88 valence electrons. The molecule has 0 unspecified atom stereocenters. The maximum absolute atomic E-state index is 9.86. The molecular weight excluding hydrogens is 200 g/mol. The van der Waals surface area contributed by atoms with E-state index in [-0.39, 0.29) is 5.48 Å². The van der Waals surface area contributed by atoms with Gasteiger partial charge in [-0.3, -0.25) is 0 Å². The first kappa shape index (κ1) is 19.0. The molecule has 0 aliphatic rings. The lowest BCUT2D eigenvalue weighted by Crippen LogP contribution is -1.93. The van der Waals surface area contributed by atoms with Crippen molar-refractivity contribution in [3.63, 3.8) is 0 Å². The Kier molecular flexibility index (Phi) is 13.3. The van der Waals surface area contributed by atoms with E-state index >= 15 is 0 Å². The van der Waals surface area contributed by atoms with Gasteiger partial charge in [0.2, 0.25) is 0 Å². The molecule has 4 N–H and O–H groups in total. The molecule has 0 saturated heterocycles. The highest BCUT2D eigenvalue weighted by Crippen LogP contribution is 1.88. The van der Waals surface area contributed by atoms with Gasteiger partial charge in [-0.15, -0.1) is 0 Å². The van der Waals surface area contributed by atoms with Gasteiger partial charge in [-0.2, -0.15) is 0 Å². The number of carboxylic acids is 2. The van der Waals surface area contributed by atoms with Gasteiger partial charge >= 0.3 is 11.9 Å². The molecule has 0 radical (unpaired) electrons. The molecule has 0 aromatic heterocycles. The van der Waals surface area contributed by atoms with Crippen LogP contribution in [0.5, 0.6) is 0 Å². The quantitative estimate of drug-likeness (QED) is 0.680. The highest BCUT2D eigenvalue weighted by atomic mass is 16.4. The summed E-state index contributed by atoms with van der Waals surface area (Å²) in [6.07, 6.45) is 3.12. The molecule has 0 atom stereocenters. The summed E-state index contributed by atoms with van der Waals surface area (Å²) in [7, 11) is 0. The molecule has 0 heterocycles. The van der Waals surface area contributed by atoms with Crippen LogP contribution >= 0.6 is 0 Å². The van der Waals surface area contributed by atoms with E-state index in [1.807, 2.05) is 0 Å². The molecule has 15 heavy (non-hydrogen) atoms. The average molecular weight is 218 g/mol. The Morgan fingerprint density at radius 3 is 1.07 bits per heavy atom. The van der Waals surface area contributed by atoms with Gasteiger partial charge in [-0.1, -0.05) is 12.2 Å². The fourth-order valence-corrected chi connectivity index (χ4v) is 0.247. The minimum Gasteiger partial charge on any atom is -0.478 e. The first-order valence-corrected chi connectivity index (χ1v) is 4.09. The van der Waals surface area contributed by atoms with E-state index in [2.05, 4.69) is 0 Å². The van der Waals surface area contributed by atoms with Crippen LogP contribution in [0.2, 0.25) is 0 Å². The normalized spacial score (nSPS) is 10.7. The third-order valence-corrected chi connectivity index (χ3v) is 1.54. The molecule has 5 heteroatoms. The highest BCUT2D eigenvalue weighted by Gasteiger charge is 1.93. The van der Waals surface area contributed by atoms with Gasteiger partial charge in [0.25, 0.3) is 0 Å². The van der Waals surface area contributed by atoms with E-state index in [4.69, 9.17) is 10.2 Å². The number of hydrogen-bond donors (Lipinski definition) is 2. The van der Waals surface area contributed by atoms with E-state index < -0.39 is 11.9 Å². The molecule has 0 aromatic rings. The topological polar surface area (TPSA) is 106 Å². The fourth-order valence-electron chi connectivity index (χ4n) is 0.247. The first-order chi connectivity index (χ1) is 6.36. The van der Waals surface area contributed by atoms with Crippen LogP contribution in [0, 0.1) is 0 Å². The van der Waals surface area contributed by atoms with Crippen LogP contribution in [0.4, 0.5) is 0 Å². The summed E-state index contributed by atoms with van der Waals surface area (Å²) in [6.45, 7) is 6.51. The predicted molar refractivity (Wildman–Crippen MR) is 57.7 cm³/mol. The van der Waals surface area contributed by atoms with Crippen molar-refractivity contribution in [1.82, 2.24) is 0 Å². The van der Waals surface area contributed by atoms with E-state index in [1.165, 1.54) is 0 Å². The van der Waals surface area contributed by atoms with Gasteiger partial charge in [0.05, 0.1) is 0 Å². The van der Waals surface area contributed by atoms with Crippen molar-refractivity contribution in [3.05, 3.63) is 23.3 Å². The Morgan fingerprint density at radius 1 is 0.867 bits per heavy atom. The van der Waals surface area contributed by atoms with Crippen LogP contribution in [0.25, 0.3) is 0 Å². The van der Waals surface area contributed by atoms with Gasteiger partial charge < -0.3 is 15.7 Å². The molecule has 0 fully saturated rings. The maximum atomic E-state index is 9.86. The number of carbonyl (C=O) groups is 2. The van der Waals surface area contributed by atoms with Crippen molar-refractivity contribution in [2.75, 3.05) is 0 Å². The van der Waals surface area contributed by atoms with Crippen LogP contribution < -0.4 is 0 Å². The number of hydrogen-bond acceptors (Lipinski definition) is 2. The number of rotatable bonds is 2. The maximum Gasteiger partial charge on any atom is 0.330 e. The fraction of sp³-hybridized carbons (Fsp3) is 0.400. The molecule has 0 amide bonds. The summed E-state index contributed by atoms with van der Waals surface area (Å²) in [5, 5.41) is 16.2. The van der Waals surface area contributed by atoms with E-state index in [0.29, 0.717) is 11.1 Å². The minimum absolute atomic E-state index is 0. The Morgan fingerprint density at radius 2 is 1.07 bits per heavy atom. The van der Waals surface area contributed by atoms with Gasteiger partial charge in [-0.05, 0) is 27.7 Å². The van der Waals surface area contributed by atoms with Crippen LogP contribution in [-0.4, -0.2) is 27.6 Å². The molecule has 0 bridgehead atoms. The molecule has 5 nitrogen and oxygen atoms in total. The number of allylic oxidation sites excluding steroid dienone is 2. The SMILES string of the molecule is CC=C(C)C(=O)O.CC=C(C)C(=O)O.O. The third-order valence-electron chi connectivity index (χ3n) is 1.54. The van der Waals surface area contributed by atoms with Crippen molar-refractivity contribution < 1.29 is 25.3 Å². The Balaban J connectivity index is -0.000000180. The first-order valence-electron chi connectivity index (χ1n) is 4.09. The van der Waals surface area contributed by atoms with Gasteiger partial charge in [0.1, 0.15) is 0 Å². The van der Waals surface area contributed by atoms with Gasteiger partial charge in [0, 0.05) is 11.1 Å². The Hall–Kier alpha value is -1.62. The summed E-state index contributed by atoms with van der Waals surface area (Å²) in [5.74, 6) is -1.69. The lowest BCUT2D eigenvalue weighted by molar-refractivity contribution is -0.133. The zero-order chi connectivity index (χ0) is 11.7. The summed E-state index contributed by atoms with van der Waals surface area (Å²) in [4.78, 5) is 19.7. The highest BCUT2D eigenvalue weighted by molar-refractivity contribution is 5.85. The zero-order valence-electron chi connectivity index (χ0n) is 9.37. The van der Waals surface area contributed by atoms with Crippen molar-refractivity contribution in [2.45, 2.75) is 27.7 Å². The molecule has 0 spiro atoms.